The predicted octanol–water partition coefficient (Wildman–Crippen LogP) is 3.07. The van der Waals surface area contributed by atoms with Crippen molar-refractivity contribution < 1.29 is 4.79 Å². The smallest absolute Gasteiger partial charge is 0.270 e. The molecule has 0 unspecified atom stereocenters. The summed E-state index contributed by atoms with van der Waals surface area (Å²) in [4.78, 5) is 16.6. The molecular formula is C14H18ClN3O. The van der Waals surface area contributed by atoms with Crippen molar-refractivity contribution in [1.29, 1.82) is 0 Å². The van der Waals surface area contributed by atoms with Crippen LogP contribution in [0.5, 0.6) is 0 Å². The van der Waals surface area contributed by atoms with Crippen LogP contribution in [0.1, 0.15) is 36.5 Å². The van der Waals surface area contributed by atoms with E-state index in [1.165, 1.54) is 0 Å². The number of imidazole rings is 1. The minimum atomic E-state index is -0.0898. The second kappa shape index (κ2) is 5.61. The van der Waals surface area contributed by atoms with E-state index in [1.807, 2.05) is 6.92 Å². The van der Waals surface area contributed by atoms with Crippen LogP contribution in [0, 0.1) is 12.8 Å². The molecule has 2 aromatic heterocycles. The Labute approximate surface area is 117 Å². The van der Waals surface area contributed by atoms with Gasteiger partial charge in [0.25, 0.3) is 5.91 Å². The maximum absolute atomic E-state index is 12.2. The Morgan fingerprint density at radius 3 is 2.95 bits per heavy atom. The number of aromatic nitrogens is 2. The largest absolute Gasteiger partial charge is 0.351 e. The molecule has 1 amide bonds. The van der Waals surface area contributed by atoms with E-state index < -0.39 is 0 Å². The molecule has 0 aliphatic rings. The van der Waals surface area contributed by atoms with Gasteiger partial charge < -0.3 is 5.32 Å². The summed E-state index contributed by atoms with van der Waals surface area (Å²) >= 11 is 5.92. The minimum Gasteiger partial charge on any atom is -0.351 e. The molecular weight excluding hydrogens is 262 g/mol. The number of hydrogen-bond acceptors (Lipinski definition) is 2. The number of carbonyl (C=O) groups excluding carboxylic acids is 1. The van der Waals surface area contributed by atoms with Gasteiger partial charge in [0, 0.05) is 23.8 Å². The monoisotopic (exact) mass is 279 g/mol. The maximum atomic E-state index is 12.2. The average Bonchev–Trinajstić information content (AvgIpc) is 2.63. The summed E-state index contributed by atoms with van der Waals surface area (Å²) in [5.41, 5.74) is 1.98. The van der Waals surface area contributed by atoms with Crippen molar-refractivity contribution in [2.45, 2.75) is 27.2 Å². The molecule has 19 heavy (non-hydrogen) atoms. The Morgan fingerprint density at radius 2 is 2.26 bits per heavy atom. The number of fused-ring (bicyclic) bond motifs is 1. The average molecular weight is 280 g/mol. The van der Waals surface area contributed by atoms with Crippen LogP contribution < -0.4 is 5.32 Å². The molecule has 0 fully saturated rings. The van der Waals surface area contributed by atoms with Crippen LogP contribution in [0.15, 0.2) is 18.3 Å². The van der Waals surface area contributed by atoms with E-state index >= 15 is 0 Å². The van der Waals surface area contributed by atoms with Crippen LogP contribution in [-0.4, -0.2) is 21.8 Å². The minimum absolute atomic E-state index is 0.0898. The molecule has 4 nitrogen and oxygen atoms in total. The third-order valence-corrected chi connectivity index (χ3v) is 3.22. The van der Waals surface area contributed by atoms with Crippen molar-refractivity contribution in [3.63, 3.8) is 0 Å². The normalized spacial score (nSPS) is 11.2. The highest BCUT2D eigenvalue weighted by molar-refractivity contribution is 6.30. The summed E-state index contributed by atoms with van der Waals surface area (Å²) in [5, 5.41) is 3.55. The number of nitrogens with one attached hydrogen (secondary N) is 1. The van der Waals surface area contributed by atoms with Crippen molar-refractivity contribution in [3.05, 3.63) is 34.7 Å². The van der Waals surface area contributed by atoms with E-state index in [2.05, 4.69) is 24.1 Å². The van der Waals surface area contributed by atoms with Gasteiger partial charge in [0.05, 0.1) is 5.69 Å². The van der Waals surface area contributed by atoms with Crippen LogP contribution in [0.4, 0.5) is 0 Å². The van der Waals surface area contributed by atoms with Crippen molar-refractivity contribution in [2.24, 2.45) is 5.92 Å². The van der Waals surface area contributed by atoms with E-state index in [0.29, 0.717) is 34.5 Å². The fourth-order valence-corrected chi connectivity index (χ4v) is 2.12. The Hall–Kier alpha value is -1.55. The molecule has 0 aromatic carbocycles. The molecule has 2 aromatic rings. The van der Waals surface area contributed by atoms with Gasteiger partial charge in [-0.1, -0.05) is 25.4 Å². The summed E-state index contributed by atoms with van der Waals surface area (Å²) in [6, 6.07) is 3.50. The van der Waals surface area contributed by atoms with Crippen LogP contribution in [0.2, 0.25) is 5.02 Å². The zero-order chi connectivity index (χ0) is 14.0. The zero-order valence-corrected chi connectivity index (χ0v) is 12.2. The number of aryl methyl sites for hydroxylation is 1. The van der Waals surface area contributed by atoms with Crippen LogP contribution in [-0.2, 0) is 0 Å². The van der Waals surface area contributed by atoms with Gasteiger partial charge in [-0.05, 0) is 25.3 Å². The van der Waals surface area contributed by atoms with E-state index in [0.717, 1.165) is 6.42 Å². The van der Waals surface area contributed by atoms with E-state index in [9.17, 15) is 4.79 Å². The third-order valence-electron chi connectivity index (χ3n) is 2.98. The fraction of sp³-hybridized carbons (Fsp3) is 0.429. The molecule has 0 radical (unpaired) electrons. The molecule has 0 saturated heterocycles. The zero-order valence-electron chi connectivity index (χ0n) is 11.4. The molecule has 2 heterocycles. The number of nitrogens with zero attached hydrogens (tertiary/aromatic N) is 2. The van der Waals surface area contributed by atoms with E-state index in [1.54, 1.807) is 22.7 Å². The number of pyridine rings is 1. The highest BCUT2D eigenvalue weighted by atomic mass is 35.5. The molecule has 0 atom stereocenters. The van der Waals surface area contributed by atoms with Gasteiger partial charge in [-0.25, -0.2) is 4.98 Å². The van der Waals surface area contributed by atoms with Crippen LogP contribution >= 0.6 is 11.6 Å². The third kappa shape index (κ3) is 3.07. The topological polar surface area (TPSA) is 46.4 Å². The predicted molar refractivity (Wildman–Crippen MR) is 76.7 cm³/mol. The molecule has 0 spiro atoms. The summed E-state index contributed by atoms with van der Waals surface area (Å²) < 4.78 is 1.77. The van der Waals surface area contributed by atoms with Crippen molar-refractivity contribution in [1.82, 2.24) is 14.7 Å². The molecule has 1 N–H and O–H groups in total. The van der Waals surface area contributed by atoms with Crippen molar-refractivity contribution in [3.8, 4) is 0 Å². The number of hydrogen-bond donors (Lipinski definition) is 1. The molecule has 0 aliphatic heterocycles. The van der Waals surface area contributed by atoms with Gasteiger partial charge in [-0.2, -0.15) is 0 Å². The summed E-state index contributed by atoms with van der Waals surface area (Å²) in [6.45, 7) is 6.77. The number of carbonyl (C=O) groups is 1. The maximum Gasteiger partial charge on any atom is 0.270 e. The van der Waals surface area contributed by atoms with Crippen LogP contribution in [0.25, 0.3) is 5.65 Å². The van der Waals surface area contributed by atoms with Crippen molar-refractivity contribution >= 4 is 23.2 Å². The lowest BCUT2D eigenvalue weighted by Gasteiger charge is -2.07. The van der Waals surface area contributed by atoms with Gasteiger partial charge in [0.15, 0.2) is 0 Å². The molecule has 5 heteroatoms. The van der Waals surface area contributed by atoms with Gasteiger partial charge in [0.1, 0.15) is 11.3 Å². The SMILES string of the molecule is Cc1nc2cc(Cl)ccn2c1C(=O)NCCC(C)C. The Balaban J connectivity index is 2.24. The molecule has 0 aliphatic carbocycles. The second-order valence-electron chi connectivity index (χ2n) is 5.06. The number of rotatable bonds is 4. The first kappa shape index (κ1) is 13.9. The molecule has 102 valence electrons. The van der Waals surface area contributed by atoms with E-state index in [4.69, 9.17) is 11.6 Å². The molecule has 2 rings (SSSR count). The van der Waals surface area contributed by atoms with Crippen molar-refractivity contribution in [2.75, 3.05) is 6.54 Å². The van der Waals surface area contributed by atoms with Gasteiger partial charge >= 0.3 is 0 Å². The lowest BCUT2D eigenvalue weighted by atomic mass is 10.1. The van der Waals surface area contributed by atoms with Gasteiger partial charge in [-0.3, -0.25) is 9.20 Å². The lowest BCUT2D eigenvalue weighted by molar-refractivity contribution is 0.0945. The highest BCUT2D eigenvalue weighted by Gasteiger charge is 2.16. The Kier molecular flexibility index (Phi) is 4.10. The molecule has 0 bridgehead atoms. The summed E-state index contributed by atoms with van der Waals surface area (Å²) in [7, 11) is 0. The standard InChI is InChI=1S/C14H18ClN3O/c1-9(2)4-6-16-14(19)13-10(3)17-12-8-11(15)5-7-18(12)13/h5,7-9H,4,6H2,1-3H3,(H,16,19). The first-order chi connectivity index (χ1) is 8.99. The first-order valence-electron chi connectivity index (χ1n) is 6.41. The summed E-state index contributed by atoms with van der Waals surface area (Å²) in [6.07, 6.45) is 2.74. The Morgan fingerprint density at radius 1 is 1.53 bits per heavy atom. The molecule has 0 saturated carbocycles. The summed E-state index contributed by atoms with van der Waals surface area (Å²) in [5.74, 6) is 0.482. The number of amides is 1. The first-order valence-corrected chi connectivity index (χ1v) is 6.79. The number of halogens is 1. The Bertz CT molecular complexity index is 604. The lowest BCUT2D eigenvalue weighted by Crippen LogP contribution is -2.27. The quantitative estimate of drug-likeness (QED) is 0.935. The van der Waals surface area contributed by atoms with Crippen LogP contribution in [0.3, 0.4) is 0 Å². The fourth-order valence-electron chi connectivity index (χ4n) is 1.97. The second-order valence-corrected chi connectivity index (χ2v) is 5.49. The van der Waals surface area contributed by atoms with Gasteiger partial charge in [-0.15, -0.1) is 0 Å². The van der Waals surface area contributed by atoms with E-state index in [-0.39, 0.29) is 5.91 Å². The van der Waals surface area contributed by atoms with Gasteiger partial charge in [0.2, 0.25) is 0 Å². The highest BCUT2D eigenvalue weighted by Crippen LogP contribution is 2.16.